The van der Waals surface area contributed by atoms with E-state index in [-0.39, 0.29) is 5.56 Å². The molecule has 1 fully saturated rings. The molecule has 1 aromatic heterocycles. The van der Waals surface area contributed by atoms with Gasteiger partial charge < -0.3 is 5.73 Å². The highest BCUT2D eigenvalue weighted by Gasteiger charge is 2.54. The molecule has 0 atom stereocenters. The maximum absolute atomic E-state index is 12.9. The molecule has 0 aromatic carbocycles. The van der Waals surface area contributed by atoms with E-state index < -0.39 is 22.7 Å². The van der Waals surface area contributed by atoms with E-state index in [0.29, 0.717) is 0 Å². The van der Waals surface area contributed by atoms with E-state index in [2.05, 4.69) is 4.98 Å². The Kier molecular flexibility index (Phi) is 2.51. The highest BCUT2D eigenvalue weighted by molar-refractivity contribution is 5.38. The Balaban J connectivity index is 2.53. The van der Waals surface area contributed by atoms with Crippen LogP contribution >= 0.6 is 0 Å². The van der Waals surface area contributed by atoms with Crippen LogP contribution in [0.4, 0.5) is 13.2 Å². The van der Waals surface area contributed by atoms with Crippen LogP contribution in [0.25, 0.3) is 0 Å². The number of rotatable bonds is 2. The maximum Gasteiger partial charge on any atom is 0.418 e. The largest absolute Gasteiger partial charge is 0.418 e. The molecule has 17 heavy (non-hydrogen) atoms. The molecule has 1 aliphatic rings. The van der Waals surface area contributed by atoms with Crippen molar-refractivity contribution in [1.82, 2.24) is 4.98 Å². The molecule has 2 rings (SSSR count). The molecule has 0 radical (unpaired) electrons. The fourth-order valence-electron chi connectivity index (χ4n) is 2.19. The van der Waals surface area contributed by atoms with Crippen LogP contribution in [0, 0.1) is 0 Å². The van der Waals surface area contributed by atoms with E-state index in [1.54, 1.807) is 13.8 Å². The van der Waals surface area contributed by atoms with Crippen LogP contribution in [-0.2, 0) is 11.6 Å². The van der Waals surface area contributed by atoms with Gasteiger partial charge in [0, 0.05) is 23.3 Å². The van der Waals surface area contributed by atoms with Crippen LogP contribution < -0.4 is 5.73 Å². The van der Waals surface area contributed by atoms with Gasteiger partial charge in [0.1, 0.15) is 0 Å². The number of nitrogens with zero attached hydrogens (tertiary/aromatic N) is 1. The summed E-state index contributed by atoms with van der Waals surface area (Å²) in [4.78, 5) is 3.57. The van der Waals surface area contributed by atoms with Crippen molar-refractivity contribution in [2.24, 2.45) is 5.73 Å². The van der Waals surface area contributed by atoms with Gasteiger partial charge in [0.15, 0.2) is 0 Å². The van der Waals surface area contributed by atoms with E-state index in [9.17, 15) is 13.2 Å². The molecule has 0 aliphatic heterocycles. The molecule has 0 spiro atoms. The van der Waals surface area contributed by atoms with Gasteiger partial charge in [-0.05, 0) is 24.5 Å². The fraction of sp³-hybridized carbons (Fsp3) is 0.583. The number of alkyl halides is 3. The summed E-state index contributed by atoms with van der Waals surface area (Å²) in [5, 5.41) is 0. The van der Waals surface area contributed by atoms with Gasteiger partial charge in [0.05, 0.1) is 5.56 Å². The van der Waals surface area contributed by atoms with Gasteiger partial charge in [0.2, 0.25) is 0 Å². The predicted octanol–water partition coefficient (Wildman–Crippen LogP) is 2.87. The highest BCUT2D eigenvalue weighted by atomic mass is 19.4. The molecule has 1 saturated carbocycles. The standard InChI is InChI=1S/C12H15F3N2/c1-10(2,11(16)4-5-11)8-3-6-17-7-9(8)12(13,14)15/h3,6-7H,4-5,16H2,1-2H3. The summed E-state index contributed by atoms with van der Waals surface area (Å²) in [5.41, 5.74) is 4.42. The fourth-order valence-corrected chi connectivity index (χ4v) is 2.19. The molecular formula is C12H15F3N2. The monoisotopic (exact) mass is 244 g/mol. The van der Waals surface area contributed by atoms with Gasteiger partial charge in [-0.2, -0.15) is 13.2 Å². The zero-order valence-corrected chi connectivity index (χ0v) is 9.80. The number of pyridine rings is 1. The van der Waals surface area contributed by atoms with E-state index in [0.717, 1.165) is 19.0 Å². The van der Waals surface area contributed by atoms with Gasteiger partial charge >= 0.3 is 6.18 Å². The zero-order valence-electron chi connectivity index (χ0n) is 9.80. The summed E-state index contributed by atoms with van der Waals surface area (Å²) in [6, 6.07) is 1.43. The normalized spacial score (nSPS) is 19.2. The summed E-state index contributed by atoms with van der Waals surface area (Å²) in [6.07, 6.45) is -0.591. The van der Waals surface area contributed by atoms with Gasteiger partial charge in [-0.25, -0.2) is 0 Å². The second-order valence-corrected chi connectivity index (χ2v) is 5.20. The van der Waals surface area contributed by atoms with Crippen molar-refractivity contribution in [3.63, 3.8) is 0 Å². The van der Waals surface area contributed by atoms with Crippen LogP contribution in [-0.4, -0.2) is 10.5 Å². The van der Waals surface area contributed by atoms with E-state index >= 15 is 0 Å². The molecule has 5 heteroatoms. The molecule has 1 aliphatic carbocycles. The molecule has 0 unspecified atom stereocenters. The average Bonchev–Trinajstić information content (AvgIpc) is 2.97. The van der Waals surface area contributed by atoms with Gasteiger partial charge in [-0.3, -0.25) is 4.98 Å². The third kappa shape index (κ3) is 1.92. The first kappa shape index (κ1) is 12.4. The van der Waals surface area contributed by atoms with E-state index in [1.165, 1.54) is 12.3 Å². The third-order valence-corrected chi connectivity index (χ3v) is 3.83. The number of aromatic nitrogens is 1. The molecule has 0 amide bonds. The first-order chi connectivity index (χ1) is 7.68. The number of nitrogens with two attached hydrogens (primary N) is 1. The smallest absolute Gasteiger partial charge is 0.324 e. The topological polar surface area (TPSA) is 38.9 Å². The average molecular weight is 244 g/mol. The van der Waals surface area contributed by atoms with Crippen LogP contribution in [0.2, 0.25) is 0 Å². The maximum atomic E-state index is 12.9. The van der Waals surface area contributed by atoms with Crippen molar-refractivity contribution >= 4 is 0 Å². The van der Waals surface area contributed by atoms with Gasteiger partial charge in [-0.15, -0.1) is 0 Å². The van der Waals surface area contributed by atoms with Crippen LogP contribution in [0.3, 0.4) is 0 Å². The van der Waals surface area contributed by atoms with Crippen molar-refractivity contribution in [2.75, 3.05) is 0 Å². The van der Waals surface area contributed by atoms with Crippen molar-refractivity contribution < 1.29 is 13.2 Å². The van der Waals surface area contributed by atoms with E-state index in [4.69, 9.17) is 5.73 Å². The second-order valence-electron chi connectivity index (χ2n) is 5.20. The third-order valence-electron chi connectivity index (χ3n) is 3.83. The minimum Gasteiger partial charge on any atom is -0.324 e. The molecule has 94 valence electrons. The second kappa shape index (κ2) is 3.45. The molecule has 2 nitrogen and oxygen atoms in total. The Morgan fingerprint density at radius 2 is 1.82 bits per heavy atom. The minimum absolute atomic E-state index is 0.236. The van der Waals surface area contributed by atoms with Crippen LogP contribution in [0.15, 0.2) is 18.5 Å². The van der Waals surface area contributed by atoms with Crippen molar-refractivity contribution in [3.05, 3.63) is 29.6 Å². The molecule has 0 saturated heterocycles. The molecule has 1 aromatic rings. The summed E-state index contributed by atoms with van der Waals surface area (Å²) < 4.78 is 38.7. The van der Waals surface area contributed by atoms with Crippen LogP contribution in [0.1, 0.15) is 37.8 Å². The highest BCUT2D eigenvalue weighted by Crippen LogP contribution is 2.51. The summed E-state index contributed by atoms with van der Waals surface area (Å²) in [6.45, 7) is 3.54. The van der Waals surface area contributed by atoms with Crippen molar-refractivity contribution in [2.45, 2.75) is 43.8 Å². The first-order valence-corrected chi connectivity index (χ1v) is 5.49. The Bertz CT molecular complexity index is 434. The summed E-state index contributed by atoms with van der Waals surface area (Å²) in [5.74, 6) is 0. The van der Waals surface area contributed by atoms with E-state index in [1.807, 2.05) is 0 Å². The molecule has 1 heterocycles. The Labute approximate surface area is 98.0 Å². The molecule has 2 N–H and O–H groups in total. The Morgan fingerprint density at radius 3 is 2.29 bits per heavy atom. The quantitative estimate of drug-likeness (QED) is 0.868. The minimum atomic E-state index is -4.38. The Hall–Kier alpha value is -1.10. The molecular weight excluding hydrogens is 229 g/mol. The van der Waals surface area contributed by atoms with Crippen LogP contribution in [0.5, 0.6) is 0 Å². The lowest BCUT2D eigenvalue weighted by atomic mass is 9.74. The lowest BCUT2D eigenvalue weighted by molar-refractivity contribution is -0.139. The molecule has 0 bridgehead atoms. The number of hydrogen-bond acceptors (Lipinski definition) is 2. The Morgan fingerprint density at radius 1 is 1.24 bits per heavy atom. The number of hydrogen-bond donors (Lipinski definition) is 1. The zero-order chi connectivity index (χ0) is 12.9. The van der Waals surface area contributed by atoms with Crippen molar-refractivity contribution in [1.29, 1.82) is 0 Å². The first-order valence-electron chi connectivity index (χ1n) is 5.49. The predicted molar refractivity (Wildman–Crippen MR) is 58.4 cm³/mol. The lowest BCUT2D eigenvalue weighted by Gasteiger charge is -2.34. The lowest BCUT2D eigenvalue weighted by Crippen LogP contribution is -2.44. The SMILES string of the molecule is CC(C)(c1ccncc1C(F)(F)F)C1(N)CC1. The van der Waals surface area contributed by atoms with Gasteiger partial charge in [0.25, 0.3) is 0 Å². The van der Waals surface area contributed by atoms with Crippen molar-refractivity contribution in [3.8, 4) is 0 Å². The summed E-state index contributed by atoms with van der Waals surface area (Å²) in [7, 11) is 0. The summed E-state index contributed by atoms with van der Waals surface area (Å²) >= 11 is 0. The van der Waals surface area contributed by atoms with Gasteiger partial charge in [-0.1, -0.05) is 13.8 Å². The number of halogens is 3.